The standard InChI is InChI=1S/C14H11N6/c1-18-12-14(20-8-15-6-4-10(20)17-12)19-7-9-3-2-5-16-11(9)13(18)19/h2-6,8H,7H2,1H3/q+1. The molecule has 0 radical (unpaired) electrons. The zero-order valence-electron chi connectivity index (χ0n) is 10.9. The van der Waals surface area contributed by atoms with Gasteiger partial charge in [0, 0.05) is 24.0 Å². The number of imidazole rings is 2. The van der Waals surface area contributed by atoms with Crippen molar-refractivity contribution in [1.82, 2.24) is 23.9 Å². The molecular formula is C14H11N6+. The number of hydrogen-bond acceptors (Lipinski definition) is 3. The zero-order valence-corrected chi connectivity index (χ0v) is 10.9. The molecule has 0 aliphatic carbocycles. The highest BCUT2D eigenvalue weighted by Crippen LogP contribution is 2.28. The highest BCUT2D eigenvalue weighted by atomic mass is 15.3. The van der Waals surface area contributed by atoms with Crippen LogP contribution in [0.1, 0.15) is 5.56 Å². The van der Waals surface area contributed by atoms with Crippen molar-refractivity contribution in [1.29, 1.82) is 0 Å². The van der Waals surface area contributed by atoms with Crippen LogP contribution in [-0.4, -0.2) is 23.9 Å². The Morgan fingerprint density at radius 1 is 1.25 bits per heavy atom. The van der Waals surface area contributed by atoms with Crippen molar-refractivity contribution < 1.29 is 4.57 Å². The van der Waals surface area contributed by atoms with Gasteiger partial charge in [0.2, 0.25) is 5.65 Å². The van der Waals surface area contributed by atoms with E-state index in [9.17, 15) is 0 Å². The van der Waals surface area contributed by atoms with Gasteiger partial charge >= 0.3 is 0 Å². The van der Waals surface area contributed by atoms with Gasteiger partial charge < -0.3 is 0 Å². The van der Waals surface area contributed by atoms with E-state index in [1.807, 2.05) is 36.1 Å². The summed E-state index contributed by atoms with van der Waals surface area (Å²) in [6.45, 7) is 0.832. The Morgan fingerprint density at radius 3 is 3.15 bits per heavy atom. The van der Waals surface area contributed by atoms with E-state index in [1.54, 1.807) is 6.20 Å². The lowest BCUT2D eigenvalue weighted by Crippen LogP contribution is -2.32. The van der Waals surface area contributed by atoms with Gasteiger partial charge in [-0.05, 0) is 6.07 Å². The molecule has 1 aliphatic rings. The van der Waals surface area contributed by atoms with Crippen LogP contribution in [0.5, 0.6) is 0 Å². The van der Waals surface area contributed by atoms with Crippen molar-refractivity contribution >= 4 is 16.9 Å². The predicted octanol–water partition coefficient (Wildman–Crippen LogP) is 0.932. The topological polar surface area (TPSA) is 51.9 Å². The van der Waals surface area contributed by atoms with E-state index in [1.165, 1.54) is 5.56 Å². The van der Waals surface area contributed by atoms with Gasteiger partial charge in [-0.25, -0.2) is 19.1 Å². The van der Waals surface area contributed by atoms with E-state index in [-0.39, 0.29) is 0 Å². The quantitative estimate of drug-likeness (QED) is 0.391. The minimum atomic E-state index is 0.832. The molecule has 0 saturated carbocycles. The number of pyridine rings is 1. The van der Waals surface area contributed by atoms with Crippen LogP contribution in [0.4, 0.5) is 0 Å². The van der Waals surface area contributed by atoms with E-state index >= 15 is 0 Å². The molecule has 0 aromatic carbocycles. The predicted molar refractivity (Wildman–Crippen MR) is 72.0 cm³/mol. The number of aryl methyl sites for hydroxylation is 1. The molecule has 0 N–H and O–H groups in total. The molecule has 5 rings (SSSR count). The van der Waals surface area contributed by atoms with Crippen molar-refractivity contribution in [3.8, 4) is 11.5 Å². The third kappa shape index (κ3) is 1.01. The molecule has 1 aliphatic heterocycles. The smallest absolute Gasteiger partial charge is 0.249 e. The average Bonchev–Trinajstić information content (AvgIpc) is 3.10. The maximum Gasteiger partial charge on any atom is 0.296 e. The van der Waals surface area contributed by atoms with Gasteiger partial charge in [-0.1, -0.05) is 6.07 Å². The molecule has 0 bridgehead atoms. The van der Waals surface area contributed by atoms with Crippen LogP contribution < -0.4 is 4.57 Å². The van der Waals surface area contributed by atoms with Crippen LogP contribution >= 0.6 is 0 Å². The number of nitrogens with zero attached hydrogens (tertiary/aromatic N) is 6. The highest BCUT2D eigenvalue weighted by Gasteiger charge is 2.34. The third-order valence-corrected chi connectivity index (χ3v) is 3.97. The summed E-state index contributed by atoms with van der Waals surface area (Å²) in [7, 11) is 2.04. The summed E-state index contributed by atoms with van der Waals surface area (Å²) in [6, 6.07) is 6.04. The SMILES string of the molecule is Cn1c2[n+](c3c1nc1ccncn13)Cc1cccnc1-2. The summed E-state index contributed by atoms with van der Waals surface area (Å²) in [5, 5.41) is 0. The molecule has 4 aromatic heterocycles. The summed E-state index contributed by atoms with van der Waals surface area (Å²) < 4.78 is 6.40. The average molecular weight is 263 g/mol. The second-order valence-corrected chi connectivity index (χ2v) is 5.05. The van der Waals surface area contributed by atoms with Gasteiger partial charge in [-0.3, -0.25) is 0 Å². The number of fused-ring (bicyclic) bond motifs is 7. The molecule has 6 nitrogen and oxygen atoms in total. The van der Waals surface area contributed by atoms with E-state index in [4.69, 9.17) is 0 Å². The van der Waals surface area contributed by atoms with Crippen molar-refractivity contribution in [2.75, 3.05) is 0 Å². The molecule has 0 saturated heterocycles. The lowest BCUT2D eigenvalue weighted by atomic mass is 10.2. The van der Waals surface area contributed by atoms with Crippen molar-refractivity contribution in [3.05, 3.63) is 42.5 Å². The largest absolute Gasteiger partial charge is 0.296 e. The molecule has 20 heavy (non-hydrogen) atoms. The van der Waals surface area contributed by atoms with E-state index < -0.39 is 0 Å². The first-order valence-electron chi connectivity index (χ1n) is 6.49. The van der Waals surface area contributed by atoms with Crippen LogP contribution in [0.3, 0.4) is 0 Å². The molecule has 96 valence electrons. The molecular weight excluding hydrogens is 252 g/mol. The summed E-state index contributed by atoms with van der Waals surface area (Å²) in [5.41, 5.74) is 5.25. The van der Waals surface area contributed by atoms with E-state index in [0.29, 0.717) is 0 Å². The summed E-state index contributed by atoms with van der Waals surface area (Å²) in [5.74, 6) is 1.11. The van der Waals surface area contributed by atoms with E-state index in [2.05, 4.69) is 30.2 Å². The van der Waals surface area contributed by atoms with Gasteiger partial charge in [0.1, 0.15) is 5.69 Å². The van der Waals surface area contributed by atoms with Gasteiger partial charge in [0.25, 0.3) is 17.1 Å². The molecule has 0 amide bonds. The molecule has 0 atom stereocenters. The minimum absolute atomic E-state index is 0.832. The first-order chi connectivity index (χ1) is 9.84. The Bertz CT molecular complexity index is 994. The summed E-state index contributed by atoms with van der Waals surface area (Å²) in [4.78, 5) is 13.4. The number of rotatable bonds is 0. The van der Waals surface area contributed by atoms with Crippen molar-refractivity contribution in [2.24, 2.45) is 7.05 Å². The minimum Gasteiger partial charge on any atom is -0.249 e. The first-order valence-corrected chi connectivity index (χ1v) is 6.49. The number of hydrogen-bond donors (Lipinski definition) is 0. The fourth-order valence-corrected chi connectivity index (χ4v) is 3.11. The van der Waals surface area contributed by atoms with Crippen LogP contribution in [0.15, 0.2) is 36.9 Å². The van der Waals surface area contributed by atoms with Crippen molar-refractivity contribution in [2.45, 2.75) is 6.54 Å². The van der Waals surface area contributed by atoms with Crippen LogP contribution in [-0.2, 0) is 13.6 Å². The maximum absolute atomic E-state index is 4.69. The molecule has 5 heterocycles. The second-order valence-electron chi connectivity index (χ2n) is 5.05. The fraction of sp³-hybridized carbons (Fsp3) is 0.143. The Kier molecular flexibility index (Phi) is 1.62. The van der Waals surface area contributed by atoms with Crippen molar-refractivity contribution in [3.63, 3.8) is 0 Å². The van der Waals surface area contributed by atoms with Crippen LogP contribution in [0, 0.1) is 0 Å². The molecule has 6 heteroatoms. The van der Waals surface area contributed by atoms with Crippen LogP contribution in [0.25, 0.3) is 28.5 Å². The lowest BCUT2D eigenvalue weighted by Gasteiger charge is -1.94. The monoisotopic (exact) mass is 263 g/mol. The Labute approximate surface area is 114 Å². The highest BCUT2D eigenvalue weighted by molar-refractivity contribution is 5.75. The van der Waals surface area contributed by atoms with Gasteiger partial charge in [-0.15, -0.1) is 0 Å². The summed E-state index contributed by atoms with van der Waals surface area (Å²) >= 11 is 0. The van der Waals surface area contributed by atoms with Gasteiger partial charge in [-0.2, -0.15) is 9.38 Å². The third-order valence-electron chi connectivity index (χ3n) is 3.97. The Balaban J connectivity index is 1.99. The fourth-order valence-electron chi connectivity index (χ4n) is 3.11. The second kappa shape index (κ2) is 3.22. The van der Waals surface area contributed by atoms with E-state index in [0.717, 1.165) is 35.0 Å². The number of aromatic nitrogens is 6. The molecule has 4 aromatic rings. The van der Waals surface area contributed by atoms with Gasteiger partial charge in [0.15, 0.2) is 6.33 Å². The first kappa shape index (κ1) is 10.1. The Hall–Kier alpha value is -2.76. The zero-order chi connectivity index (χ0) is 13.3. The molecule has 0 unspecified atom stereocenters. The normalized spacial score (nSPS) is 13.1. The Morgan fingerprint density at radius 2 is 2.20 bits per heavy atom. The summed E-state index contributed by atoms with van der Waals surface area (Å²) in [6.07, 6.45) is 5.42. The lowest BCUT2D eigenvalue weighted by molar-refractivity contribution is -0.648. The molecule has 0 spiro atoms. The maximum atomic E-state index is 4.69. The van der Waals surface area contributed by atoms with Crippen LogP contribution in [0.2, 0.25) is 0 Å². The van der Waals surface area contributed by atoms with Gasteiger partial charge in [0.05, 0.1) is 13.6 Å². The molecule has 0 fully saturated rings.